The van der Waals surface area contributed by atoms with Gasteiger partial charge < -0.3 is 14.8 Å². The van der Waals surface area contributed by atoms with Crippen LogP contribution in [0.25, 0.3) is 0 Å². The molecule has 0 aromatic heterocycles. The van der Waals surface area contributed by atoms with E-state index in [9.17, 15) is 4.79 Å². The molecule has 1 atom stereocenters. The van der Waals surface area contributed by atoms with Crippen molar-refractivity contribution in [1.82, 2.24) is 10.2 Å². The summed E-state index contributed by atoms with van der Waals surface area (Å²) < 4.78 is 11.3. The molecule has 1 aromatic carbocycles. The molecule has 5 nitrogen and oxygen atoms in total. The molecule has 0 unspecified atom stereocenters. The first-order chi connectivity index (χ1) is 11.5. The van der Waals surface area contributed by atoms with E-state index in [-0.39, 0.29) is 17.5 Å². The zero-order valence-electron chi connectivity index (χ0n) is 14.9. The van der Waals surface area contributed by atoms with Crippen LogP contribution < -0.4 is 14.8 Å². The Morgan fingerprint density at radius 2 is 2.04 bits per heavy atom. The predicted octanol–water partition coefficient (Wildman–Crippen LogP) is 2.90. The molecular formula is C19H28N2O3. The van der Waals surface area contributed by atoms with Crippen molar-refractivity contribution in [3.05, 3.63) is 23.8 Å². The fourth-order valence-electron chi connectivity index (χ4n) is 3.35. The molecule has 0 aliphatic carbocycles. The fraction of sp³-hybridized carbons (Fsp3) is 0.632. The summed E-state index contributed by atoms with van der Waals surface area (Å²) in [6.07, 6.45) is 3.11. The van der Waals surface area contributed by atoms with Crippen molar-refractivity contribution < 1.29 is 14.3 Å². The summed E-state index contributed by atoms with van der Waals surface area (Å²) in [5.41, 5.74) is 1.06. The summed E-state index contributed by atoms with van der Waals surface area (Å²) in [6.45, 7) is 8.82. The molecule has 1 aromatic rings. The second kappa shape index (κ2) is 7.01. The molecule has 2 aliphatic heterocycles. The summed E-state index contributed by atoms with van der Waals surface area (Å²) in [5, 5.41) is 3.13. The molecule has 5 heteroatoms. The highest BCUT2D eigenvalue weighted by Crippen LogP contribution is 2.37. The first-order valence-corrected chi connectivity index (χ1v) is 8.93. The highest BCUT2D eigenvalue weighted by molar-refractivity contribution is 5.78. The number of nitrogens with one attached hydrogen (secondary N) is 1. The molecule has 0 radical (unpaired) electrons. The zero-order chi connectivity index (χ0) is 17.2. The van der Waals surface area contributed by atoms with Gasteiger partial charge in [0.15, 0.2) is 11.5 Å². The number of benzene rings is 1. The lowest BCUT2D eigenvalue weighted by Crippen LogP contribution is -2.47. The number of carbonyl (C=O) groups is 1. The van der Waals surface area contributed by atoms with E-state index in [1.807, 2.05) is 6.07 Å². The molecule has 1 amide bonds. The average Bonchev–Trinajstić information content (AvgIpc) is 3.01. The van der Waals surface area contributed by atoms with E-state index >= 15 is 0 Å². The number of amides is 1. The molecule has 1 N–H and O–H groups in total. The van der Waals surface area contributed by atoms with Crippen LogP contribution in [0.3, 0.4) is 0 Å². The van der Waals surface area contributed by atoms with Crippen LogP contribution >= 0.6 is 0 Å². The van der Waals surface area contributed by atoms with Gasteiger partial charge in [-0.05, 0) is 57.4 Å². The van der Waals surface area contributed by atoms with E-state index in [0.29, 0.717) is 19.8 Å². The molecule has 132 valence electrons. The lowest BCUT2D eigenvalue weighted by atomic mass is 10.0. The largest absolute Gasteiger partial charge is 0.486 e. The number of hydrogen-bond acceptors (Lipinski definition) is 4. The highest BCUT2D eigenvalue weighted by Gasteiger charge is 2.29. The molecule has 0 bridgehead atoms. The standard InChI is InChI=1S/C19H28N2O3/c1-4-19(2,3)20-18(22)13-21-9-5-6-15(21)14-7-8-16-17(12-14)24-11-10-23-16/h7-8,12,15H,4-6,9-11,13H2,1-3H3,(H,20,22)/t15-/m0/s1. The summed E-state index contributed by atoms with van der Waals surface area (Å²) >= 11 is 0. The van der Waals surface area contributed by atoms with E-state index < -0.39 is 0 Å². The third-order valence-corrected chi connectivity index (χ3v) is 5.02. The molecule has 2 aliphatic rings. The Hall–Kier alpha value is -1.75. The second-order valence-electron chi connectivity index (χ2n) is 7.32. The lowest BCUT2D eigenvalue weighted by Gasteiger charge is -2.29. The summed E-state index contributed by atoms with van der Waals surface area (Å²) in [5.74, 6) is 1.74. The number of carbonyl (C=O) groups excluding carboxylic acids is 1. The molecule has 24 heavy (non-hydrogen) atoms. The lowest BCUT2D eigenvalue weighted by molar-refractivity contribution is -0.124. The summed E-state index contributed by atoms with van der Waals surface area (Å²) in [7, 11) is 0. The number of ether oxygens (including phenoxy) is 2. The van der Waals surface area contributed by atoms with E-state index in [1.54, 1.807) is 0 Å². The smallest absolute Gasteiger partial charge is 0.234 e. The van der Waals surface area contributed by atoms with Crippen LogP contribution in [-0.4, -0.2) is 42.6 Å². The van der Waals surface area contributed by atoms with Crippen molar-refractivity contribution in [1.29, 1.82) is 0 Å². The van der Waals surface area contributed by atoms with Gasteiger partial charge in [0.2, 0.25) is 5.91 Å². The van der Waals surface area contributed by atoms with Gasteiger partial charge in [0.05, 0.1) is 6.54 Å². The van der Waals surface area contributed by atoms with Gasteiger partial charge in [0, 0.05) is 11.6 Å². The number of nitrogens with zero attached hydrogens (tertiary/aromatic N) is 1. The van der Waals surface area contributed by atoms with Crippen molar-refractivity contribution >= 4 is 5.91 Å². The van der Waals surface area contributed by atoms with Crippen LogP contribution in [-0.2, 0) is 4.79 Å². The van der Waals surface area contributed by atoms with Gasteiger partial charge in [0.1, 0.15) is 13.2 Å². The quantitative estimate of drug-likeness (QED) is 0.901. The van der Waals surface area contributed by atoms with Gasteiger partial charge in [-0.3, -0.25) is 9.69 Å². The van der Waals surface area contributed by atoms with Crippen LogP contribution in [0.5, 0.6) is 11.5 Å². The molecule has 3 rings (SSSR count). The molecule has 0 spiro atoms. The zero-order valence-corrected chi connectivity index (χ0v) is 14.9. The predicted molar refractivity (Wildman–Crippen MR) is 93.5 cm³/mol. The Labute approximate surface area is 144 Å². The van der Waals surface area contributed by atoms with Crippen molar-refractivity contribution in [2.45, 2.75) is 51.6 Å². The molecular weight excluding hydrogens is 304 g/mol. The van der Waals surface area contributed by atoms with E-state index in [2.05, 4.69) is 43.1 Å². The third kappa shape index (κ3) is 3.83. The Morgan fingerprint density at radius 3 is 2.79 bits per heavy atom. The normalized spacial score (nSPS) is 20.9. The first kappa shape index (κ1) is 17.1. The average molecular weight is 332 g/mol. The SMILES string of the molecule is CCC(C)(C)NC(=O)CN1CCC[C@H]1c1ccc2c(c1)OCCO2. The van der Waals surface area contributed by atoms with Gasteiger partial charge >= 0.3 is 0 Å². The molecule has 2 heterocycles. The van der Waals surface area contributed by atoms with Crippen LogP contribution in [0, 0.1) is 0 Å². The Balaban J connectivity index is 1.68. The number of rotatable bonds is 5. The van der Waals surface area contributed by atoms with Crippen molar-refractivity contribution in [2.75, 3.05) is 26.3 Å². The Bertz CT molecular complexity index is 600. The van der Waals surface area contributed by atoms with Gasteiger partial charge in [-0.2, -0.15) is 0 Å². The van der Waals surface area contributed by atoms with E-state index in [0.717, 1.165) is 37.3 Å². The van der Waals surface area contributed by atoms with Gasteiger partial charge in [-0.1, -0.05) is 13.0 Å². The van der Waals surface area contributed by atoms with Crippen molar-refractivity contribution in [2.24, 2.45) is 0 Å². The number of likely N-dealkylation sites (tertiary alicyclic amines) is 1. The van der Waals surface area contributed by atoms with Crippen LogP contribution in [0.4, 0.5) is 0 Å². The van der Waals surface area contributed by atoms with E-state index in [1.165, 1.54) is 5.56 Å². The molecule has 1 saturated heterocycles. The minimum atomic E-state index is -0.150. The number of hydrogen-bond donors (Lipinski definition) is 1. The fourth-order valence-corrected chi connectivity index (χ4v) is 3.35. The van der Waals surface area contributed by atoms with Gasteiger partial charge in [0.25, 0.3) is 0 Å². The first-order valence-electron chi connectivity index (χ1n) is 8.93. The maximum Gasteiger partial charge on any atom is 0.234 e. The Kier molecular flexibility index (Phi) is 4.99. The summed E-state index contributed by atoms with van der Waals surface area (Å²) in [4.78, 5) is 14.7. The van der Waals surface area contributed by atoms with Crippen molar-refractivity contribution in [3.8, 4) is 11.5 Å². The molecule has 0 saturated carbocycles. The maximum absolute atomic E-state index is 12.4. The third-order valence-electron chi connectivity index (χ3n) is 5.02. The van der Waals surface area contributed by atoms with Crippen LogP contribution in [0.1, 0.15) is 51.6 Å². The van der Waals surface area contributed by atoms with E-state index in [4.69, 9.17) is 9.47 Å². The highest BCUT2D eigenvalue weighted by atomic mass is 16.6. The number of fused-ring (bicyclic) bond motifs is 1. The Morgan fingerprint density at radius 1 is 1.29 bits per heavy atom. The second-order valence-corrected chi connectivity index (χ2v) is 7.32. The van der Waals surface area contributed by atoms with Crippen molar-refractivity contribution in [3.63, 3.8) is 0 Å². The topological polar surface area (TPSA) is 50.8 Å². The van der Waals surface area contributed by atoms with Gasteiger partial charge in [-0.15, -0.1) is 0 Å². The minimum absolute atomic E-state index is 0.103. The summed E-state index contributed by atoms with van der Waals surface area (Å²) in [6, 6.07) is 6.44. The monoisotopic (exact) mass is 332 g/mol. The maximum atomic E-state index is 12.4. The van der Waals surface area contributed by atoms with Crippen LogP contribution in [0.15, 0.2) is 18.2 Å². The minimum Gasteiger partial charge on any atom is -0.486 e. The molecule has 1 fully saturated rings. The van der Waals surface area contributed by atoms with Crippen LogP contribution in [0.2, 0.25) is 0 Å². The van der Waals surface area contributed by atoms with Gasteiger partial charge in [-0.25, -0.2) is 0 Å².